The van der Waals surface area contributed by atoms with E-state index in [1.165, 1.54) is 25.1 Å². The number of aliphatic hydroxyl groups excluding tert-OH is 1. The standard InChI is InChI=1S/C9H8O4.C2H6O/c1-5-6(8(10)11)3-2-4-7(5)9(12)13;1-2-3/h2-4H,1H3,(H,10,11)(H,12,13);3H,2H2,1H3. The van der Waals surface area contributed by atoms with E-state index in [2.05, 4.69) is 0 Å². The summed E-state index contributed by atoms with van der Waals surface area (Å²) in [5.41, 5.74) is 0.335. The molecule has 0 fully saturated rings. The van der Waals surface area contributed by atoms with Crippen molar-refractivity contribution in [3.63, 3.8) is 0 Å². The molecule has 0 bridgehead atoms. The maximum atomic E-state index is 10.6. The van der Waals surface area contributed by atoms with Crippen molar-refractivity contribution in [1.29, 1.82) is 0 Å². The first-order valence-corrected chi connectivity index (χ1v) is 4.62. The minimum atomic E-state index is -1.11. The van der Waals surface area contributed by atoms with Crippen LogP contribution in [0.3, 0.4) is 0 Å². The van der Waals surface area contributed by atoms with Crippen LogP contribution in [0, 0.1) is 6.92 Å². The van der Waals surface area contributed by atoms with E-state index in [9.17, 15) is 9.59 Å². The predicted molar refractivity (Wildman–Crippen MR) is 57.9 cm³/mol. The summed E-state index contributed by atoms with van der Waals surface area (Å²) in [6.45, 7) is 3.41. The molecule has 0 aliphatic rings. The van der Waals surface area contributed by atoms with Gasteiger partial charge in [-0.15, -0.1) is 0 Å². The molecule has 0 aliphatic heterocycles. The Morgan fingerprint density at radius 2 is 1.44 bits per heavy atom. The average molecular weight is 226 g/mol. The van der Waals surface area contributed by atoms with Gasteiger partial charge in [-0.2, -0.15) is 0 Å². The molecule has 0 aliphatic carbocycles. The molecule has 0 heterocycles. The number of benzene rings is 1. The average Bonchev–Trinajstić information content (AvgIpc) is 2.18. The molecule has 0 saturated heterocycles. The van der Waals surface area contributed by atoms with Crippen LogP contribution in [0.15, 0.2) is 18.2 Å². The molecular weight excluding hydrogens is 212 g/mol. The van der Waals surface area contributed by atoms with Gasteiger partial charge < -0.3 is 15.3 Å². The minimum absolute atomic E-state index is 0.0277. The Morgan fingerprint density at radius 3 is 1.69 bits per heavy atom. The number of carbonyl (C=O) groups is 2. The van der Waals surface area contributed by atoms with Crippen molar-refractivity contribution >= 4 is 11.9 Å². The van der Waals surface area contributed by atoms with Crippen LogP contribution < -0.4 is 0 Å². The normalized spacial score (nSPS) is 8.94. The summed E-state index contributed by atoms with van der Waals surface area (Å²) < 4.78 is 0. The molecule has 1 aromatic rings. The molecule has 1 aromatic carbocycles. The van der Waals surface area contributed by atoms with E-state index in [1.807, 2.05) is 0 Å². The Morgan fingerprint density at radius 1 is 1.12 bits per heavy atom. The van der Waals surface area contributed by atoms with Crippen LogP contribution in [0.25, 0.3) is 0 Å². The highest BCUT2D eigenvalue weighted by atomic mass is 16.4. The topological polar surface area (TPSA) is 94.8 Å². The van der Waals surface area contributed by atoms with Crippen molar-refractivity contribution in [1.82, 2.24) is 0 Å². The minimum Gasteiger partial charge on any atom is -0.478 e. The second-order valence-electron chi connectivity index (χ2n) is 2.90. The maximum Gasteiger partial charge on any atom is 0.335 e. The monoisotopic (exact) mass is 226 g/mol. The Kier molecular flexibility index (Phi) is 5.80. The lowest BCUT2D eigenvalue weighted by atomic mass is 10.0. The molecule has 5 nitrogen and oxygen atoms in total. The van der Waals surface area contributed by atoms with Crippen molar-refractivity contribution in [3.8, 4) is 0 Å². The number of aliphatic hydroxyl groups is 1. The third kappa shape index (κ3) is 3.70. The summed E-state index contributed by atoms with van der Waals surface area (Å²) in [6.07, 6.45) is 0. The number of rotatable bonds is 2. The molecule has 16 heavy (non-hydrogen) atoms. The van der Waals surface area contributed by atoms with E-state index in [4.69, 9.17) is 15.3 Å². The Balaban J connectivity index is 0.000000673. The van der Waals surface area contributed by atoms with E-state index in [0.717, 1.165) is 0 Å². The SMILES string of the molecule is CCO.Cc1c(C(=O)O)cccc1C(=O)O. The molecule has 3 N–H and O–H groups in total. The summed E-state index contributed by atoms with van der Waals surface area (Å²) in [5.74, 6) is -2.22. The van der Waals surface area contributed by atoms with Gasteiger partial charge in [0.15, 0.2) is 0 Å². The van der Waals surface area contributed by atoms with Gasteiger partial charge in [-0.3, -0.25) is 0 Å². The number of hydrogen-bond acceptors (Lipinski definition) is 3. The van der Waals surface area contributed by atoms with E-state index < -0.39 is 11.9 Å². The summed E-state index contributed by atoms with van der Waals surface area (Å²) >= 11 is 0. The largest absolute Gasteiger partial charge is 0.478 e. The summed E-state index contributed by atoms with van der Waals surface area (Å²) in [6, 6.07) is 4.17. The summed E-state index contributed by atoms with van der Waals surface area (Å²) in [7, 11) is 0. The second kappa shape index (κ2) is 6.58. The zero-order valence-electron chi connectivity index (χ0n) is 9.10. The summed E-state index contributed by atoms with van der Waals surface area (Å²) in [4.78, 5) is 21.2. The van der Waals surface area contributed by atoms with Crippen molar-refractivity contribution in [2.45, 2.75) is 13.8 Å². The molecule has 0 saturated carbocycles. The third-order valence-electron chi connectivity index (χ3n) is 1.79. The zero-order chi connectivity index (χ0) is 12.7. The van der Waals surface area contributed by atoms with Crippen LogP contribution >= 0.6 is 0 Å². The van der Waals surface area contributed by atoms with E-state index in [1.54, 1.807) is 6.92 Å². The summed E-state index contributed by atoms with van der Waals surface area (Å²) in [5, 5.41) is 24.9. The lowest BCUT2D eigenvalue weighted by Crippen LogP contribution is -2.06. The fraction of sp³-hybridized carbons (Fsp3) is 0.273. The number of carboxylic acids is 2. The molecule has 1 rings (SSSR count). The number of carboxylic acid groups (broad SMARTS) is 2. The van der Waals surface area contributed by atoms with Crippen LogP contribution in [-0.4, -0.2) is 33.9 Å². The van der Waals surface area contributed by atoms with Crippen LogP contribution in [0.5, 0.6) is 0 Å². The molecule has 88 valence electrons. The van der Waals surface area contributed by atoms with Gasteiger partial charge in [0.05, 0.1) is 11.1 Å². The Labute approximate surface area is 93.0 Å². The highest BCUT2D eigenvalue weighted by Gasteiger charge is 2.13. The molecule has 0 radical (unpaired) electrons. The van der Waals surface area contributed by atoms with Gasteiger partial charge >= 0.3 is 11.9 Å². The molecule has 0 aromatic heterocycles. The van der Waals surface area contributed by atoms with E-state index >= 15 is 0 Å². The fourth-order valence-electron chi connectivity index (χ4n) is 1.10. The lowest BCUT2D eigenvalue weighted by Gasteiger charge is -2.03. The quantitative estimate of drug-likeness (QED) is 0.708. The van der Waals surface area contributed by atoms with Gasteiger partial charge in [-0.1, -0.05) is 6.07 Å². The van der Waals surface area contributed by atoms with Crippen molar-refractivity contribution < 1.29 is 24.9 Å². The van der Waals surface area contributed by atoms with Crippen molar-refractivity contribution in [2.75, 3.05) is 6.61 Å². The maximum absolute atomic E-state index is 10.6. The first-order chi connectivity index (χ1) is 7.45. The van der Waals surface area contributed by atoms with Gasteiger partial charge in [0.1, 0.15) is 0 Å². The molecule has 0 atom stereocenters. The van der Waals surface area contributed by atoms with Crippen LogP contribution in [-0.2, 0) is 0 Å². The van der Waals surface area contributed by atoms with Crippen molar-refractivity contribution in [2.24, 2.45) is 0 Å². The zero-order valence-corrected chi connectivity index (χ0v) is 9.10. The van der Waals surface area contributed by atoms with E-state index in [0.29, 0.717) is 0 Å². The first-order valence-electron chi connectivity index (χ1n) is 4.62. The number of hydrogen-bond donors (Lipinski definition) is 3. The van der Waals surface area contributed by atoms with E-state index in [-0.39, 0.29) is 23.3 Å². The molecule has 0 spiro atoms. The van der Waals surface area contributed by atoms with Crippen molar-refractivity contribution in [3.05, 3.63) is 34.9 Å². The van der Waals surface area contributed by atoms with Gasteiger partial charge in [-0.25, -0.2) is 9.59 Å². The molecular formula is C11H14O5. The second-order valence-corrected chi connectivity index (χ2v) is 2.90. The highest BCUT2D eigenvalue weighted by molar-refractivity contribution is 5.96. The van der Waals surface area contributed by atoms with Crippen LogP contribution in [0.2, 0.25) is 0 Å². The first kappa shape index (κ1) is 14.1. The Bertz CT molecular complexity index is 352. The number of aromatic carboxylic acids is 2. The highest BCUT2D eigenvalue weighted by Crippen LogP contribution is 2.13. The van der Waals surface area contributed by atoms with Gasteiger partial charge in [0, 0.05) is 6.61 Å². The van der Waals surface area contributed by atoms with Crippen LogP contribution in [0.1, 0.15) is 33.2 Å². The molecule has 0 unspecified atom stereocenters. The Hall–Kier alpha value is -1.88. The lowest BCUT2D eigenvalue weighted by molar-refractivity contribution is 0.0696. The molecule has 5 heteroatoms. The fourth-order valence-corrected chi connectivity index (χ4v) is 1.10. The third-order valence-corrected chi connectivity index (χ3v) is 1.79. The van der Waals surface area contributed by atoms with Gasteiger partial charge in [0.25, 0.3) is 0 Å². The smallest absolute Gasteiger partial charge is 0.335 e. The van der Waals surface area contributed by atoms with Gasteiger partial charge in [0.2, 0.25) is 0 Å². The van der Waals surface area contributed by atoms with Crippen LogP contribution in [0.4, 0.5) is 0 Å². The molecule has 0 amide bonds. The predicted octanol–water partition coefficient (Wildman–Crippen LogP) is 1.39. The van der Waals surface area contributed by atoms with Gasteiger partial charge in [-0.05, 0) is 31.5 Å².